The SMILES string of the molecule is CC1=CC(C)(C)C(C(=O)O)C(C)C1. The largest absolute Gasteiger partial charge is 0.481 e. The van der Waals surface area contributed by atoms with Crippen LogP contribution in [-0.4, -0.2) is 11.1 Å². The molecule has 0 heterocycles. The Morgan fingerprint density at radius 2 is 2.15 bits per heavy atom. The minimum atomic E-state index is -0.666. The van der Waals surface area contributed by atoms with Crippen molar-refractivity contribution in [2.75, 3.05) is 0 Å². The lowest BCUT2D eigenvalue weighted by Crippen LogP contribution is -2.37. The Kier molecular flexibility index (Phi) is 2.51. The summed E-state index contributed by atoms with van der Waals surface area (Å²) >= 11 is 0. The van der Waals surface area contributed by atoms with Crippen molar-refractivity contribution in [1.82, 2.24) is 0 Å². The van der Waals surface area contributed by atoms with Crippen molar-refractivity contribution >= 4 is 5.97 Å². The third kappa shape index (κ3) is 1.93. The molecule has 2 atom stereocenters. The maximum atomic E-state index is 11.1. The van der Waals surface area contributed by atoms with Crippen molar-refractivity contribution in [1.29, 1.82) is 0 Å². The first-order chi connectivity index (χ1) is 5.84. The van der Waals surface area contributed by atoms with E-state index in [-0.39, 0.29) is 17.3 Å². The molecule has 74 valence electrons. The molecule has 0 spiro atoms. The van der Waals surface area contributed by atoms with Gasteiger partial charge in [0.1, 0.15) is 0 Å². The van der Waals surface area contributed by atoms with Crippen LogP contribution in [-0.2, 0) is 4.79 Å². The number of carbonyl (C=O) groups is 1. The van der Waals surface area contributed by atoms with E-state index in [4.69, 9.17) is 5.11 Å². The van der Waals surface area contributed by atoms with E-state index < -0.39 is 5.97 Å². The number of aliphatic carboxylic acids is 1. The minimum absolute atomic E-state index is 0.201. The Morgan fingerprint density at radius 1 is 1.62 bits per heavy atom. The first-order valence-corrected chi connectivity index (χ1v) is 4.75. The third-order valence-electron chi connectivity index (χ3n) is 2.90. The molecule has 0 saturated heterocycles. The van der Waals surface area contributed by atoms with Crippen LogP contribution >= 0.6 is 0 Å². The van der Waals surface area contributed by atoms with Gasteiger partial charge in [-0.25, -0.2) is 0 Å². The molecule has 0 amide bonds. The second-order valence-electron chi connectivity index (χ2n) is 4.81. The molecule has 0 radical (unpaired) electrons. The number of carboxylic acid groups (broad SMARTS) is 1. The van der Waals surface area contributed by atoms with Crippen molar-refractivity contribution in [3.05, 3.63) is 11.6 Å². The van der Waals surface area contributed by atoms with Gasteiger partial charge in [0.25, 0.3) is 0 Å². The Bertz CT molecular complexity index is 251. The molecule has 1 N–H and O–H groups in total. The highest BCUT2D eigenvalue weighted by molar-refractivity contribution is 5.72. The summed E-state index contributed by atoms with van der Waals surface area (Å²) in [6.45, 7) is 8.11. The van der Waals surface area contributed by atoms with Crippen molar-refractivity contribution < 1.29 is 9.90 Å². The lowest BCUT2D eigenvalue weighted by Gasteiger charge is -2.37. The second-order valence-corrected chi connectivity index (χ2v) is 4.81. The van der Waals surface area contributed by atoms with Gasteiger partial charge in [-0.3, -0.25) is 4.79 Å². The van der Waals surface area contributed by atoms with Crippen LogP contribution < -0.4 is 0 Å². The number of allylic oxidation sites excluding steroid dienone is 2. The van der Waals surface area contributed by atoms with Crippen LogP contribution in [0.15, 0.2) is 11.6 Å². The van der Waals surface area contributed by atoms with Crippen LogP contribution in [0.3, 0.4) is 0 Å². The van der Waals surface area contributed by atoms with E-state index in [0.29, 0.717) is 0 Å². The number of carboxylic acids is 1. The highest BCUT2D eigenvalue weighted by Crippen LogP contribution is 2.42. The van der Waals surface area contributed by atoms with Crippen molar-refractivity contribution in [3.63, 3.8) is 0 Å². The second kappa shape index (κ2) is 3.17. The van der Waals surface area contributed by atoms with Gasteiger partial charge in [-0.2, -0.15) is 0 Å². The molecule has 0 aromatic carbocycles. The molecule has 2 nitrogen and oxygen atoms in total. The fourth-order valence-electron chi connectivity index (χ4n) is 2.70. The average molecular weight is 182 g/mol. The molecule has 0 fully saturated rings. The Labute approximate surface area is 79.6 Å². The van der Waals surface area contributed by atoms with Gasteiger partial charge in [0.05, 0.1) is 5.92 Å². The van der Waals surface area contributed by atoms with Crippen LogP contribution in [0, 0.1) is 17.3 Å². The molecular formula is C11H18O2. The van der Waals surface area contributed by atoms with E-state index in [0.717, 1.165) is 6.42 Å². The van der Waals surface area contributed by atoms with E-state index >= 15 is 0 Å². The van der Waals surface area contributed by atoms with Gasteiger partial charge < -0.3 is 5.11 Å². The number of hydrogen-bond donors (Lipinski definition) is 1. The van der Waals surface area contributed by atoms with Gasteiger partial charge in [0.15, 0.2) is 0 Å². The summed E-state index contributed by atoms with van der Waals surface area (Å²) in [5.74, 6) is -0.657. The van der Waals surface area contributed by atoms with E-state index in [1.54, 1.807) is 0 Å². The maximum absolute atomic E-state index is 11.1. The van der Waals surface area contributed by atoms with Crippen LogP contribution in [0.2, 0.25) is 0 Å². The van der Waals surface area contributed by atoms with Gasteiger partial charge in [-0.15, -0.1) is 0 Å². The molecular weight excluding hydrogens is 164 g/mol. The normalized spacial score (nSPS) is 32.5. The average Bonchev–Trinajstić information content (AvgIpc) is 1.78. The summed E-state index contributed by atoms with van der Waals surface area (Å²) in [6, 6.07) is 0. The fourth-order valence-corrected chi connectivity index (χ4v) is 2.70. The molecule has 0 bridgehead atoms. The molecule has 13 heavy (non-hydrogen) atoms. The van der Waals surface area contributed by atoms with E-state index in [1.807, 2.05) is 20.8 Å². The molecule has 0 aliphatic heterocycles. The predicted molar refractivity (Wildman–Crippen MR) is 52.4 cm³/mol. The van der Waals surface area contributed by atoms with Gasteiger partial charge >= 0.3 is 5.97 Å². The summed E-state index contributed by atoms with van der Waals surface area (Å²) in [4.78, 5) is 11.1. The summed E-state index contributed by atoms with van der Waals surface area (Å²) in [5, 5.41) is 9.10. The van der Waals surface area contributed by atoms with E-state index in [9.17, 15) is 4.79 Å². The quantitative estimate of drug-likeness (QED) is 0.633. The Balaban J connectivity index is 3.02. The monoisotopic (exact) mass is 182 g/mol. The molecule has 1 aliphatic carbocycles. The summed E-state index contributed by atoms with van der Waals surface area (Å²) in [5.41, 5.74) is 1.11. The first kappa shape index (κ1) is 10.3. The summed E-state index contributed by atoms with van der Waals surface area (Å²) < 4.78 is 0. The molecule has 2 unspecified atom stereocenters. The van der Waals surface area contributed by atoms with Crippen molar-refractivity contribution in [3.8, 4) is 0 Å². The molecule has 0 aromatic heterocycles. The first-order valence-electron chi connectivity index (χ1n) is 4.75. The van der Waals surface area contributed by atoms with Crippen LogP contribution in [0.25, 0.3) is 0 Å². The standard InChI is InChI=1S/C11H18O2/c1-7-5-8(2)9(10(12)13)11(3,4)6-7/h6,8-9H,5H2,1-4H3,(H,12,13). The van der Waals surface area contributed by atoms with E-state index in [2.05, 4.69) is 13.0 Å². The summed E-state index contributed by atoms with van der Waals surface area (Å²) in [7, 11) is 0. The van der Waals surface area contributed by atoms with Crippen LogP contribution in [0.1, 0.15) is 34.1 Å². The zero-order valence-corrected chi connectivity index (χ0v) is 8.79. The molecule has 2 heteroatoms. The Hall–Kier alpha value is -0.790. The third-order valence-corrected chi connectivity index (χ3v) is 2.90. The number of rotatable bonds is 1. The maximum Gasteiger partial charge on any atom is 0.307 e. The van der Waals surface area contributed by atoms with Gasteiger partial charge in [0.2, 0.25) is 0 Å². The Morgan fingerprint density at radius 3 is 2.54 bits per heavy atom. The fraction of sp³-hybridized carbons (Fsp3) is 0.727. The highest BCUT2D eigenvalue weighted by Gasteiger charge is 2.40. The van der Waals surface area contributed by atoms with Crippen LogP contribution in [0.4, 0.5) is 0 Å². The molecule has 1 aliphatic rings. The summed E-state index contributed by atoms with van der Waals surface area (Å²) in [6.07, 6.45) is 3.02. The van der Waals surface area contributed by atoms with Crippen molar-refractivity contribution in [2.45, 2.75) is 34.1 Å². The zero-order valence-electron chi connectivity index (χ0n) is 8.79. The number of hydrogen-bond acceptors (Lipinski definition) is 1. The lowest BCUT2D eigenvalue weighted by molar-refractivity contribution is -0.147. The van der Waals surface area contributed by atoms with Gasteiger partial charge in [-0.1, -0.05) is 32.4 Å². The van der Waals surface area contributed by atoms with Gasteiger partial charge in [-0.05, 0) is 24.7 Å². The minimum Gasteiger partial charge on any atom is -0.481 e. The van der Waals surface area contributed by atoms with Crippen LogP contribution in [0.5, 0.6) is 0 Å². The molecule has 0 aromatic rings. The zero-order chi connectivity index (χ0) is 10.2. The molecule has 1 rings (SSSR count). The smallest absolute Gasteiger partial charge is 0.307 e. The predicted octanol–water partition coefficient (Wildman–Crippen LogP) is 2.70. The molecule has 0 saturated carbocycles. The lowest BCUT2D eigenvalue weighted by atomic mass is 9.66. The van der Waals surface area contributed by atoms with Crippen molar-refractivity contribution in [2.24, 2.45) is 17.3 Å². The van der Waals surface area contributed by atoms with Gasteiger partial charge in [0, 0.05) is 0 Å². The van der Waals surface area contributed by atoms with E-state index in [1.165, 1.54) is 5.57 Å². The topological polar surface area (TPSA) is 37.3 Å². The highest BCUT2D eigenvalue weighted by atomic mass is 16.4.